The molecule has 0 spiro atoms. The molecule has 4 aliphatic heterocycles. The zero-order valence-corrected chi connectivity index (χ0v) is 41.3. The van der Waals surface area contributed by atoms with Crippen molar-refractivity contribution in [3.05, 3.63) is 111 Å². The van der Waals surface area contributed by atoms with E-state index in [2.05, 4.69) is 15.1 Å². The molecule has 1 aromatic heterocycles. The van der Waals surface area contributed by atoms with Crippen LogP contribution in [0.3, 0.4) is 0 Å². The van der Waals surface area contributed by atoms with Crippen LogP contribution in [0.5, 0.6) is 0 Å². The minimum absolute atomic E-state index is 0.00347. The average molecular weight is 975 g/mol. The zero-order valence-electron chi connectivity index (χ0n) is 41.3. The SMILES string of the molecule is CC(C)(C)OC(=O)N(CC(=O)N1CCC[C@H](c2cccc(C(=O)N3CCC(OC4CCN(CC(=O)N5CCN(C(=O)c6cc(Cc7n[nH]c(=O)c8ccccc78)ccc6F)CC5)CC4)CC3)c2)C1)C1CC1. The number of halogens is 1. The highest BCUT2D eigenvalue weighted by Crippen LogP contribution is 2.32. The maximum atomic E-state index is 15.1. The van der Waals surface area contributed by atoms with Crippen LogP contribution in [0.25, 0.3) is 10.8 Å². The van der Waals surface area contributed by atoms with Crippen molar-refractivity contribution < 1.29 is 37.8 Å². The van der Waals surface area contributed by atoms with Crippen molar-refractivity contribution in [2.45, 2.75) is 108 Å². The maximum absolute atomic E-state index is 15.1. The number of carbonyl (C=O) groups is 5. The molecule has 1 saturated carbocycles. The van der Waals surface area contributed by atoms with Gasteiger partial charge in [-0.2, -0.15) is 5.10 Å². The lowest BCUT2D eigenvalue weighted by Crippen LogP contribution is -2.53. The van der Waals surface area contributed by atoms with E-state index in [1.807, 2.05) is 67.0 Å². The third-order valence-electron chi connectivity index (χ3n) is 14.6. The van der Waals surface area contributed by atoms with Crippen molar-refractivity contribution >= 4 is 40.5 Å². The number of amides is 5. The molecular weight excluding hydrogens is 908 g/mol. The summed E-state index contributed by atoms with van der Waals surface area (Å²) in [6.45, 7) is 11.0. The van der Waals surface area contributed by atoms with Crippen molar-refractivity contribution in [1.82, 2.24) is 39.6 Å². The number of hydrogen-bond donors (Lipinski definition) is 1. The molecule has 4 saturated heterocycles. The Kier molecular flexibility index (Phi) is 15.2. The molecule has 3 aromatic carbocycles. The fourth-order valence-corrected chi connectivity index (χ4v) is 10.5. The van der Waals surface area contributed by atoms with Gasteiger partial charge in [-0.25, -0.2) is 14.3 Å². The largest absolute Gasteiger partial charge is 0.444 e. The minimum atomic E-state index is -0.635. The first-order valence-corrected chi connectivity index (χ1v) is 25.5. The summed E-state index contributed by atoms with van der Waals surface area (Å²) < 4.78 is 27.3. The molecule has 1 N–H and O–H groups in total. The number of aromatic nitrogens is 2. The van der Waals surface area contributed by atoms with Crippen LogP contribution < -0.4 is 5.56 Å². The lowest BCUT2D eigenvalue weighted by atomic mass is 9.89. The molecule has 5 fully saturated rings. The van der Waals surface area contributed by atoms with E-state index >= 15 is 4.39 Å². The second-order valence-corrected chi connectivity index (χ2v) is 21.0. The predicted molar refractivity (Wildman–Crippen MR) is 264 cm³/mol. The molecule has 1 aliphatic carbocycles. The number of benzene rings is 3. The van der Waals surface area contributed by atoms with Gasteiger partial charge in [0.2, 0.25) is 11.8 Å². The smallest absolute Gasteiger partial charge is 0.411 e. The average Bonchev–Trinajstić information content (AvgIpc) is 4.23. The van der Waals surface area contributed by atoms with Crippen LogP contribution in [0.4, 0.5) is 9.18 Å². The van der Waals surface area contributed by atoms with Crippen molar-refractivity contribution in [3.63, 3.8) is 0 Å². The first-order valence-electron chi connectivity index (χ1n) is 25.5. The van der Waals surface area contributed by atoms with Crippen LogP contribution >= 0.6 is 0 Å². The standard InChI is InChI=1S/C54H67FN8O8/c1-54(2,3)71-53(69)63(40-14-15-40)35-49(65)62-21-7-10-39(33-62)37-8-6-9-38(32-37)51(67)60-24-19-42(20-25-60)70-41-17-22-58(23-18-41)34-48(64)59-26-28-61(29-27-59)52(68)45-30-36(13-16-46(45)55)31-47-43-11-4-5-12-44(43)50(66)57-56-47/h4-6,8-9,11-13,16,30,32,39-42H,7,10,14-15,17-29,31,33-35H2,1-3H3,(H,57,66)/t39-/m0/s1. The summed E-state index contributed by atoms with van der Waals surface area (Å²) in [6, 6.07) is 19.5. The quantitative estimate of drug-likeness (QED) is 0.183. The topological polar surface area (TPSA) is 169 Å². The molecule has 16 nitrogen and oxygen atoms in total. The van der Waals surface area contributed by atoms with E-state index in [1.165, 1.54) is 6.07 Å². The Balaban J connectivity index is 0.683. The number of nitrogens with zero attached hydrogens (tertiary/aromatic N) is 7. The molecule has 17 heteroatoms. The fourth-order valence-electron chi connectivity index (χ4n) is 10.5. The van der Waals surface area contributed by atoms with E-state index in [0.29, 0.717) is 92.9 Å². The summed E-state index contributed by atoms with van der Waals surface area (Å²) in [7, 11) is 0. The predicted octanol–water partition coefficient (Wildman–Crippen LogP) is 5.83. The van der Waals surface area contributed by atoms with Gasteiger partial charge in [0, 0.05) is 94.8 Å². The Labute approximate surface area is 414 Å². The van der Waals surface area contributed by atoms with E-state index in [0.717, 1.165) is 70.0 Å². The highest BCUT2D eigenvalue weighted by atomic mass is 19.1. The Bertz CT molecular complexity index is 2660. The number of H-pyrrole nitrogens is 1. The summed E-state index contributed by atoms with van der Waals surface area (Å²) in [4.78, 5) is 90.4. The van der Waals surface area contributed by atoms with Crippen LogP contribution in [0.2, 0.25) is 0 Å². The zero-order chi connectivity index (χ0) is 49.8. The second kappa shape index (κ2) is 21.7. The number of rotatable bonds is 12. The second-order valence-electron chi connectivity index (χ2n) is 21.0. The van der Waals surface area contributed by atoms with Crippen LogP contribution in [0.1, 0.15) is 116 Å². The Hall–Kier alpha value is -6.20. The van der Waals surface area contributed by atoms with Crippen LogP contribution in [0.15, 0.2) is 71.5 Å². The molecule has 5 amide bonds. The minimum Gasteiger partial charge on any atom is -0.444 e. The van der Waals surface area contributed by atoms with Gasteiger partial charge in [-0.3, -0.25) is 33.8 Å². The summed E-state index contributed by atoms with van der Waals surface area (Å²) in [5.74, 6) is -0.995. The van der Waals surface area contributed by atoms with Crippen LogP contribution in [-0.2, 0) is 25.5 Å². The molecule has 9 rings (SSSR count). The molecule has 71 heavy (non-hydrogen) atoms. The van der Waals surface area contributed by atoms with Crippen molar-refractivity contribution in [3.8, 4) is 0 Å². The highest BCUT2D eigenvalue weighted by molar-refractivity contribution is 5.95. The van der Waals surface area contributed by atoms with Gasteiger partial charge in [0.1, 0.15) is 18.0 Å². The maximum Gasteiger partial charge on any atom is 0.411 e. The molecule has 0 bridgehead atoms. The number of carbonyl (C=O) groups excluding carboxylic acids is 5. The molecular formula is C54H67FN8O8. The first-order chi connectivity index (χ1) is 34.2. The Morgan fingerprint density at radius 1 is 0.718 bits per heavy atom. The van der Waals surface area contributed by atoms with Crippen LogP contribution in [0, 0.1) is 5.82 Å². The molecule has 378 valence electrons. The van der Waals surface area contributed by atoms with E-state index in [-0.39, 0.29) is 59.6 Å². The van der Waals surface area contributed by atoms with Crippen molar-refractivity contribution in [2.24, 2.45) is 0 Å². The Morgan fingerprint density at radius 2 is 1.39 bits per heavy atom. The van der Waals surface area contributed by atoms with Crippen LogP contribution in [-0.4, -0.2) is 172 Å². The first kappa shape index (κ1) is 49.8. The van der Waals surface area contributed by atoms with Gasteiger partial charge in [0.25, 0.3) is 17.4 Å². The number of fused-ring (bicyclic) bond motifs is 1. The third kappa shape index (κ3) is 12.3. The summed E-state index contributed by atoms with van der Waals surface area (Å²) >= 11 is 0. The number of piperazine rings is 1. The fraction of sp³-hybridized carbons (Fsp3) is 0.537. The normalized spacial score (nSPS) is 19.7. The number of piperidine rings is 3. The lowest BCUT2D eigenvalue weighted by molar-refractivity contribution is -0.135. The summed E-state index contributed by atoms with van der Waals surface area (Å²) in [6.07, 6.45) is 6.67. The molecule has 5 heterocycles. The van der Waals surface area contributed by atoms with Gasteiger partial charge in [-0.1, -0.05) is 36.4 Å². The van der Waals surface area contributed by atoms with Crippen molar-refractivity contribution in [2.75, 3.05) is 78.5 Å². The molecule has 0 radical (unpaired) electrons. The van der Waals surface area contributed by atoms with Gasteiger partial charge in [-0.05, 0) is 114 Å². The van der Waals surface area contributed by atoms with E-state index in [9.17, 15) is 28.8 Å². The summed E-state index contributed by atoms with van der Waals surface area (Å²) in [5.41, 5.74) is 2.05. The molecule has 1 atom stereocenters. The van der Waals surface area contributed by atoms with Gasteiger partial charge >= 0.3 is 6.09 Å². The number of nitrogens with one attached hydrogen (secondary N) is 1. The lowest BCUT2D eigenvalue weighted by Gasteiger charge is -2.38. The summed E-state index contributed by atoms with van der Waals surface area (Å²) in [5, 5.41) is 7.97. The van der Waals surface area contributed by atoms with Gasteiger partial charge < -0.3 is 29.1 Å². The number of likely N-dealkylation sites (tertiary alicyclic amines) is 3. The highest BCUT2D eigenvalue weighted by Gasteiger charge is 2.38. The molecule has 0 unspecified atom stereocenters. The van der Waals surface area contributed by atoms with E-state index in [4.69, 9.17) is 9.47 Å². The monoisotopic (exact) mass is 975 g/mol. The van der Waals surface area contributed by atoms with Crippen molar-refractivity contribution in [1.29, 1.82) is 0 Å². The Morgan fingerprint density at radius 3 is 2.10 bits per heavy atom. The van der Waals surface area contributed by atoms with Gasteiger partial charge in [0.05, 0.1) is 35.4 Å². The number of hydrogen-bond acceptors (Lipinski definition) is 10. The molecule has 4 aromatic rings. The van der Waals surface area contributed by atoms with E-state index in [1.54, 1.807) is 39.0 Å². The van der Waals surface area contributed by atoms with Gasteiger partial charge in [-0.15, -0.1) is 0 Å². The number of ether oxygens (including phenoxy) is 2. The third-order valence-corrected chi connectivity index (χ3v) is 14.6. The van der Waals surface area contributed by atoms with E-state index < -0.39 is 23.4 Å². The van der Waals surface area contributed by atoms with Gasteiger partial charge in [0.15, 0.2) is 0 Å². The number of aromatic amines is 1. The molecule has 5 aliphatic rings.